The molecular weight excluding hydrogens is 388 g/mol. The molecule has 2 aromatic rings. The van der Waals surface area contributed by atoms with Gasteiger partial charge >= 0.3 is 0 Å². The molecule has 3 rings (SSSR count). The topological polar surface area (TPSA) is 57.6 Å². The number of Topliss-reactive ketones (excluding diaryl/α,β-unsaturated/α-hetero) is 1. The predicted octanol–water partition coefficient (Wildman–Crippen LogP) is 2.87. The second-order valence-corrected chi connectivity index (χ2v) is 8.71. The molecule has 2 heterocycles. The summed E-state index contributed by atoms with van der Waals surface area (Å²) in [5.41, 5.74) is 4.20. The number of piperazine rings is 1. The lowest BCUT2D eigenvalue weighted by Crippen LogP contribution is -2.51. The Hall–Kier alpha value is -2.44. The monoisotopic (exact) mass is 424 g/mol. The first-order valence-electron chi connectivity index (χ1n) is 11.3. The Morgan fingerprint density at radius 2 is 1.61 bits per heavy atom. The average Bonchev–Trinajstić information content (AvgIpc) is 3.04. The van der Waals surface area contributed by atoms with E-state index in [4.69, 9.17) is 0 Å². The number of nitrogens with one attached hydrogen (secondary N) is 1. The van der Waals surface area contributed by atoms with Crippen molar-refractivity contribution in [1.82, 2.24) is 19.7 Å². The minimum atomic E-state index is 0.0877. The highest BCUT2D eigenvalue weighted by atomic mass is 16.2. The normalized spacial score (nSPS) is 16.3. The molecule has 6 heteroatoms. The van der Waals surface area contributed by atoms with Crippen LogP contribution in [0.4, 0.5) is 0 Å². The van der Waals surface area contributed by atoms with E-state index in [1.807, 2.05) is 38.1 Å². The lowest BCUT2D eigenvalue weighted by molar-refractivity contribution is -0.123. The summed E-state index contributed by atoms with van der Waals surface area (Å²) in [4.78, 5) is 29.5. The molecular formula is C25H36N4O2. The van der Waals surface area contributed by atoms with E-state index in [1.54, 1.807) is 0 Å². The summed E-state index contributed by atoms with van der Waals surface area (Å²) in [6, 6.07) is 12.6. The summed E-state index contributed by atoms with van der Waals surface area (Å²) >= 11 is 0. The van der Waals surface area contributed by atoms with E-state index in [0.29, 0.717) is 13.1 Å². The molecule has 1 unspecified atom stereocenters. The molecule has 1 aliphatic heterocycles. The Kier molecular flexibility index (Phi) is 8.04. The molecule has 0 saturated carbocycles. The van der Waals surface area contributed by atoms with Gasteiger partial charge in [-0.1, -0.05) is 37.3 Å². The molecule has 1 fully saturated rings. The third-order valence-corrected chi connectivity index (χ3v) is 6.28. The zero-order valence-electron chi connectivity index (χ0n) is 19.4. The molecule has 168 valence electrons. The quantitative estimate of drug-likeness (QED) is 0.629. The molecule has 0 spiro atoms. The smallest absolute Gasteiger partial charge is 0.234 e. The molecule has 0 bridgehead atoms. The van der Waals surface area contributed by atoms with Crippen molar-refractivity contribution >= 4 is 11.7 Å². The fraction of sp³-hybridized carbons (Fsp3) is 0.520. The molecule has 1 aromatic carbocycles. The number of aryl methyl sites for hydroxylation is 1. The van der Waals surface area contributed by atoms with Crippen LogP contribution in [0.1, 0.15) is 47.6 Å². The maximum atomic E-state index is 13.0. The van der Waals surface area contributed by atoms with Gasteiger partial charge in [0.25, 0.3) is 0 Å². The van der Waals surface area contributed by atoms with Crippen molar-refractivity contribution < 1.29 is 9.59 Å². The standard InChI is InChI=1S/C25H36N4O2/c1-5-19(2)26-25(31)18-28-13-11-27(12-14-28)17-24(30)23-15-20(3)29(21(23)4)16-22-9-7-6-8-10-22/h6-10,15,19H,5,11-14,16-18H2,1-4H3,(H,26,31). The fourth-order valence-corrected chi connectivity index (χ4v) is 4.11. The van der Waals surface area contributed by atoms with Gasteiger partial charge in [-0.3, -0.25) is 19.4 Å². The van der Waals surface area contributed by atoms with Crippen LogP contribution in [0.5, 0.6) is 0 Å². The number of carbonyl (C=O) groups excluding carboxylic acids is 2. The number of nitrogens with zero attached hydrogens (tertiary/aromatic N) is 3. The van der Waals surface area contributed by atoms with Crippen molar-refractivity contribution in [2.75, 3.05) is 39.3 Å². The van der Waals surface area contributed by atoms with Crippen LogP contribution in [-0.2, 0) is 11.3 Å². The van der Waals surface area contributed by atoms with Gasteiger partial charge in [0, 0.05) is 55.7 Å². The fourth-order valence-electron chi connectivity index (χ4n) is 4.11. The summed E-state index contributed by atoms with van der Waals surface area (Å²) in [6.45, 7) is 13.1. The molecule has 0 aliphatic carbocycles. The van der Waals surface area contributed by atoms with Crippen LogP contribution in [0.2, 0.25) is 0 Å². The molecule has 1 amide bonds. The Balaban J connectivity index is 1.52. The highest BCUT2D eigenvalue weighted by Crippen LogP contribution is 2.18. The van der Waals surface area contributed by atoms with Crippen LogP contribution in [0.15, 0.2) is 36.4 Å². The van der Waals surface area contributed by atoms with Crippen LogP contribution < -0.4 is 5.32 Å². The van der Waals surface area contributed by atoms with Gasteiger partial charge in [0.05, 0.1) is 13.1 Å². The number of carbonyl (C=O) groups is 2. The van der Waals surface area contributed by atoms with E-state index in [1.165, 1.54) is 5.56 Å². The average molecular weight is 425 g/mol. The van der Waals surface area contributed by atoms with E-state index in [9.17, 15) is 9.59 Å². The number of rotatable bonds is 9. The zero-order chi connectivity index (χ0) is 22.4. The van der Waals surface area contributed by atoms with Gasteiger partial charge < -0.3 is 9.88 Å². The highest BCUT2D eigenvalue weighted by Gasteiger charge is 2.23. The molecule has 1 N–H and O–H groups in total. The highest BCUT2D eigenvalue weighted by molar-refractivity contribution is 5.99. The van der Waals surface area contributed by atoms with Crippen molar-refractivity contribution in [3.63, 3.8) is 0 Å². The Labute approximate surface area is 186 Å². The lowest BCUT2D eigenvalue weighted by Gasteiger charge is -2.34. The van der Waals surface area contributed by atoms with Gasteiger partial charge in [-0.15, -0.1) is 0 Å². The van der Waals surface area contributed by atoms with E-state index in [-0.39, 0.29) is 17.7 Å². The number of aromatic nitrogens is 1. The van der Waals surface area contributed by atoms with Crippen LogP contribution in [0.25, 0.3) is 0 Å². The molecule has 1 saturated heterocycles. The van der Waals surface area contributed by atoms with Gasteiger partial charge in [0.1, 0.15) is 0 Å². The summed E-state index contributed by atoms with van der Waals surface area (Å²) in [6.07, 6.45) is 0.938. The SMILES string of the molecule is CCC(C)NC(=O)CN1CCN(CC(=O)c2cc(C)n(Cc3ccccc3)c2C)CC1. The number of hydrogen-bond acceptors (Lipinski definition) is 4. The molecule has 6 nitrogen and oxygen atoms in total. The van der Waals surface area contributed by atoms with Gasteiger partial charge in [-0.25, -0.2) is 0 Å². The van der Waals surface area contributed by atoms with Crippen LogP contribution >= 0.6 is 0 Å². The van der Waals surface area contributed by atoms with Crippen molar-refractivity contribution in [2.45, 2.75) is 46.7 Å². The van der Waals surface area contributed by atoms with Crippen LogP contribution in [0.3, 0.4) is 0 Å². The summed E-state index contributed by atoms with van der Waals surface area (Å²) < 4.78 is 2.22. The minimum absolute atomic E-state index is 0.0877. The Morgan fingerprint density at radius 3 is 2.23 bits per heavy atom. The third kappa shape index (κ3) is 6.28. The maximum Gasteiger partial charge on any atom is 0.234 e. The van der Waals surface area contributed by atoms with E-state index < -0.39 is 0 Å². The second-order valence-electron chi connectivity index (χ2n) is 8.71. The molecule has 31 heavy (non-hydrogen) atoms. The van der Waals surface area contributed by atoms with Crippen molar-refractivity contribution in [1.29, 1.82) is 0 Å². The molecule has 1 atom stereocenters. The number of hydrogen-bond donors (Lipinski definition) is 1. The third-order valence-electron chi connectivity index (χ3n) is 6.28. The summed E-state index contributed by atoms with van der Waals surface area (Å²) in [5.74, 6) is 0.264. The van der Waals surface area contributed by atoms with Crippen molar-refractivity contribution in [3.05, 3.63) is 58.9 Å². The van der Waals surface area contributed by atoms with Gasteiger partial charge in [0.2, 0.25) is 5.91 Å². The molecule has 0 radical (unpaired) electrons. The van der Waals surface area contributed by atoms with Gasteiger partial charge in [-0.2, -0.15) is 0 Å². The first kappa shape index (κ1) is 23.2. The Bertz CT molecular complexity index is 882. The van der Waals surface area contributed by atoms with Crippen LogP contribution in [0, 0.1) is 13.8 Å². The zero-order valence-corrected chi connectivity index (χ0v) is 19.4. The van der Waals surface area contributed by atoms with E-state index in [0.717, 1.165) is 56.1 Å². The molecule has 1 aromatic heterocycles. The van der Waals surface area contributed by atoms with Crippen molar-refractivity contribution in [2.24, 2.45) is 0 Å². The van der Waals surface area contributed by atoms with Crippen molar-refractivity contribution in [3.8, 4) is 0 Å². The largest absolute Gasteiger partial charge is 0.353 e. The molecule has 1 aliphatic rings. The first-order valence-corrected chi connectivity index (χ1v) is 11.3. The van der Waals surface area contributed by atoms with E-state index >= 15 is 0 Å². The van der Waals surface area contributed by atoms with Gasteiger partial charge in [-0.05, 0) is 38.8 Å². The predicted molar refractivity (Wildman–Crippen MR) is 125 cm³/mol. The summed E-state index contributed by atoms with van der Waals surface area (Å²) in [7, 11) is 0. The lowest BCUT2D eigenvalue weighted by atomic mass is 10.1. The van der Waals surface area contributed by atoms with Crippen LogP contribution in [-0.4, -0.2) is 71.4 Å². The first-order chi connectivity index (χ1) is 14.9. The van der Waals surface area contributed by atoms with Gasteiger partial charge in [0.15, 0.2) is 5.78 Å². The van der Waals surface area contributed by atoms with E-state index in [2.05, 4.69) is 45.7 Å². The number of amides is 1. The second kappa shape index (κ2) is 10.7. The summed E-state index contributed by atoms with van der Waals surface area (Å²) in [5, 5.41) is 3.02. The number of benzene rings is 1. The minimum Gasteiger partial charge on any atom is -0.353 e. The maximum absolute atomic E-state index is 13.0. The number of ketones is 1. The Morgan fingerprint density at radius 1 is 1.00 bits per heavy atom.